The number of fused-ring (bicyclic) bond motifs is 2. The van der Waals surface area contributed by atoms with Crippen LogP contribution >= 0.6 is 0 Å². The number of hydrogen-bond donors (Lipinski definition) is 0. The number of carbonyl (C=O) groups excluding carboxylic acids is 3. The Kier molecular flexibility index (Phi) is 3.64. The molecule has 0 aromatic rings. The van der Waals surface area contributed by atoms with Crippen LogP contribution in [-0.4, -0.2) is 36.9 Å². The van der Waals surface area contributed by atoms with Crippen LogP contribution in [0.5, 0.6) is 0 Å². The van der Waals surface area contributed by atoms with E-state index in [2.05, 4.69) is 13.8 Å². The molecule has 1 saturated carbocycles. The molecule has 156 valence electrons. The van der Waals surface area contributed by atoms with E-state index in [9.17, 15) is 14.4 Å². The van der Waals surface area contributed by atoms with Gasteiger partial charge in [0.1, 0.15) is 23.0 Å². The maximum absolute atomic E-state index is 14.2. The van der Waals surface area contributed by atoms with Crippen molar-refractivity contribution in [1.29, 1.82) is 0 Å². The molecule has 1 saturated heterocycles. The highest BCUT2D eigenvalue weighted by molar-refractivity contribution is 6.25. The van der Waals surface area contributed by atoms with Crippen LogP contribution in [0.15, 0.2) is 22.8 Å². The molecule has 0 N–H and O–H groups in total. The van der Waals surface area contributed by atoms with Crippen molar-refractivity contribution in [3.05, 3.63) is 22.8 Å². The summed E-state index contributed by atoms with van der Waals surface area (Å²) in [5.74, 6) is -1.13. The molecular weight excluding hydrogens is 368 g/mol. The first-order chi connectivity index (χ1) is 13.6. The van der Waals surface area contributed by atoms with Gasteiger partial charge in [-0.05, 0) is 42.7 Å². The number of carbonyl (C=O) groups is 3. The maximum atomic E-state index is 14.2. The zero-order valence-electron chi connectivity index (χ0n) is 18.1. The largest absolute Gasteiger partial charge is 0.458 e. The van der Waals surface area contributed by atoms with Crippen molar-refractivity contribution in [2.45, 2.75) is 66.1 Å². The molecular formula is C24H30O5. The number of rotatable bonds is 2. The number of methoxy groups -OCH3 is 1. The van der Waals surface area contributed by atoms with Crippen molar-refractivity contribution in [2.75, 3.05) is 7.11 Å². The summed E-state index contributed by atoms with van der Waals surface area (Å²) in [6.45, 7) is 10.2. The second-order valence-electron chi connectivity index (χ2n) is 10.7. The molecule has 5 heteroatoms. The second-order valence-corrected chi connectivity index (χ2v) is 10.7. The van der Waals surface area contributed by atoms with Crippen LogP contribution in [0.25, 0.3) is 0 Å². The van der Waals surface area contributed by atoms with Crippen LogP contribution in [0.1, 0.15) is 53.9 Å². The van der Waals surface area contributed by atoms with E-state index in [1.807, 2.05) is 20.8 Å². The van der Waals surface area contributed by atoms with Gasteiger partial charge < -0.3 is 9.47 Å². The summed E-state index contributed by atoms with van der Waals surface area (Å²) < 4.78 is 12.0. The fraction of sp³-hybridized carbons (Fsp3) is 0.708. The first-order valence-electron chi connectivity index (χ1n) is 10.8. The van der Waals surface area contributed by atoms with Crippen molar-refractivity contribution in [3.8, 4) is 0 Å². The number of esters is 1. The van der Waals surface area contributed by atoms with Gasteiger partial charge in [-0.25, -0.2) is 0 Å². The van der Waals surface area contributed by atoms with E-state index in [1.54, 1.807) is 13.2 Å². The van der Waals surface area contributed by atoms with Crippen LogP contribution in [0.2, 0.25) is 0 Å². The zero-order chi connectivity index (χ0) is 21.1. The minimum atomic E-state index is -1.13. The Morgan fingerprint density at radius 1 is 1.17 bits per heavy atom. The molecule has 5 aliphatic rings. The maximum Gasteiger partial charge on any atom is 0.317 e. The molecule has 4 aliphatic carbocycles. The Morgan fingerprint density at radius 3 is 2.48 bits per heavy atom. The Morgan fingerprint density at radius 2 is 1.86 bits per heavy atom. The van der Waals surface area contributed by atoms with Gasteiger partial charge >= 0.3 is 5.97 Å². The van der Waals surface area contributed by atoms with Crippen molar-refractivity contribution in [2.24, 2.45) is 34.0 Å². The predicted octanol–water partition coefficient (Wildman–Crippen LogP) is 3.42. The molecule has 0 radical (unpaired) electrons. The summed E-state index contributed by atoms with van der Waals surface area (Å²) in [6.07, 6.45) is 3.23. The van der Waals surface area contributed by atoms with Gasteiger partial charge in [-0.3, -0.25) is 14.4 Å². The summed E-state index contributed by atoms with van der Waals surface area (Å²) in [5.41, 5.74) is 0.122. The highest BCUT2D eigenvalue weighted by Gasteiger charge is 2.77. The SMILES string of the molecule is CO[C@H]1C2=C(C(=O)[C@]3(C(C)C)C(=O)C=C(C)C23)[C@@]23CCCC(C)(C)[C@@H]2[C@H]1OC3=O. The van der Waals surface area contributed by atoms with Crippen molar-refractivity contribution in [3.63, 3.8) is 0 Å². The molecule has 6 atom stereocenters. The Balaban J connectivity index is 1.84. The normalized spacial score (nSPS) is 44.7. The summed E-state index contributed by atoms with van der Waals surface area (Å²) in [4.78, 5) is 40.9. The standard InChI is InChI=1S/C24H30O5/c1-11(2)24-13(25)10-12(3)15(24)14-16(20(24)26)23-9-7-8-22(4,5)19(23)18(17(14)28-6)29-21(23)27/h10-11,15,17-19H,7-9H2,1-6H3/t15?,17-,18-,19-,23-,24+/m0/s1. The van der Waals surface area contributed by atoms with Gasteiger partial charge in [0.05, 0.1) is 0 Å². The van der Waals surface area contributed by atoms with Gasteiger partial charge in [0.2, 0.25) is 0 Å². The summed E-state index contributed by atoms with van der Waals surface area (Å²) >= 11 is 0. The van der Waals surface area contributed by atoms with Crippen LogP contribution in [-0.2, 0) is 23.9 Å². The van der Waals surface area contributed by atoms with E-state index in [0.29, 0.717) is 12.0 Å². The summed E-state index contributed by atoms with van der Waals surface area (Å²) in [6, 6.07) is 0. The van der Waals surface area contributed by atoms with Gasteiger partial charge in [-0.2, -0.15) is 0 Å². The van der Waals surface area contributed by atoms with Gasteiger partial charge in [-0.1, -0.05) is 39.7 Å². The zero-order valence-corrected chi connectivity index (χ0v) is 18.1. The number of hydrogen-bond acceptors (Lipinski definition) is 5. The highest BCUT2D eigenvalue weighted by atomic mass is 16.6. The molecule has 1 aliphatic heterocycles. The lowest BCUT2D eigenvalue weighted by molar-refractivity contribution is -0.152. The fourth-order valence-electron chi connectivity index (χ4n) is 7.88. The van der Waals surface area contributed by atoms with Crippen LogP contribution in [0.4, 0.5) is 0 Å². The lowest BCUT2D eigenvalue weighted by Crippen LogP contribution is -2.55. The lowest BCUT2D eigenvalue weighted by Gasteiger charge is -2.51. The third kappa shape index (κ3) is 1.81. The molecule has 2 fully saturated rings. The monoisotopic (exact) mass is 398 g/mol. The van der Waals surface area contributed by atoms with Crippen molar-refractivity contribution in [1.82, 2.24) is 0 Å². The average molecular weight is 398 g/mol. The van der Waals surface area contributed by atoms with E-state index in [-0.39, 0.29) is 40.7 Å². The lowest BCUT2D eigenvalue weighted by atomic mass is 9.49. The number of Topliss-reactive ketones (excluding diaryl/α,β-unsaturated/α-hetero) is 1. The van der Waals surface area contributed by atoms with Gasteiger partial charge in [0.25, 0.3) is 0 Å². The molecule has 1 heterocycles. The van der Waals surface area contributed by atoms with Crippen molar-refractivity contribution < 1.29 is 23.9 Å². The summed E-state index contributed by atoms with van der Waals surface area (Å²) in [5, 5.41) is 0. The summed E-state index contributed by atoms with van der Waals surface area (Å²) in [7, 11) is 1.62. The molecule has 0 aromatic heterocycles. The van der Waals surface area contributed by atoms with Crippen LogP contribution < -0.4 is 0 Å². The molecule has 1 unspecified atom stereocenters. The Hall–Kier alpha value is -1.75. The quantitative estimate of drug-likeness (QED) is 0.527. The Bertz CT molecular complexity index is 922. The van der Waals surface area contributed by atoms with Gasteiger partial charge in [0.15, 0.2) is 11.6 Å². The fourth-order valence-corrected chi connectivity index (χ4v) is 7.88. The van der Waals surface area contributed by atoms with E-state index in [1.165, 1.54) is 0 Å². The van der Waals surface area contributed by atoms with Crippen LogP contribution in [0, 0.1) is 34.0 Å². The second kappa shape index (κ2) is 5.48. The minimum absolute atomic E-state index is 0.105. The number of ketones is 2. The van der Waals surface area contributed by atoms with Gasteiger partial charge in [0, 0.05) is 24.5 Å². The van der Waals surface area contributed by atoms with Crippen molar-refractivity contribution >= 4 is 17.5 Å². The third-order valence-corrected chi connectivity index (χ3v) is 8.80. The molecule has 0 aromatic carbocycles. The molecule has 29 heavy (non-hydrogen) atoms. The molecule has 0 amide bonds. The number of ether oxygens (including phenoxy) is 2. The number of allylic oxidation sites excluding steroid dienone is 2. The topological polar surface area (TPSA) is 69.7 Å². The molecule has 5 rings (SSSR count). The van der Waals surface area contributed by atoms with E-state index < -0.39 is 23.0 Å². The molecule has 0 spiro atoms. The Labute approximate surface area is 171 Å². The van der Waals surface area contributed by atoms with E-state index in [0.717, 1.165) is 24.0 Å². The van der Waals surface area contributed by atoms with Gasteiger partial charge in [-0.15, -0.1) is 0 Å². The minimum Gasteiger partial charge on any atom is -0.458 e. The third-order valence-electron chi connectivity index (χ3n) is 8.80. The first-order valence-corrected chi connectivity index (χ1v) is 10.8. The predicted molar refractivity (Wildman–Crippen MR) is 106 cm³/mol. The first kappa shape index (κ1) is 19.2. The molecule has 5 nitrogen and oxygen atoms in total. The van der Waals surface area contributed by atoms with Crippen LogP contribution in [0.3, 0.4) is 0 Å². The van der Waals surface area contributed by atoms with E-state index >= 15 is 0 Å². The smallest absolute Gasteiger partial charge is 0.317 e. The average Bonchev–Trinajstić information content (AvgIpc) is 3.16. The molecule has 2 bridgehead atoms. The van der Waals surface area contributed by atoms with E-state index in [4.69, 9.17) is 9.47 Å². The highest BCUT2D eigenvalue weighted by Crippen LogP contribution is 2.71.